The molecule has 1 aromatic heterocycles. The first-order valence-electron chi connectivity index (χ1n) is 4.29. The van der Waals surface area contributed by atoms with Crippen molar-refractivity contribution in [2.24, 2.45) is 5.73 Å². The fourth-order valence-electron chi connectivity index (χ4n) is 1.38. The van der Waals surface area contributed by atoms with E-state index in [1.165, 1.54) is 9.58 Å². The Morgan fingerprint density at radius 1 is 1.43 bits per heavy atom. The average molecular weight is 291 g/mol. The summed E-state index contributed by atoms with van der Waals surface area (Å²) in [6.45, 7) is 0.647. The molecular formula is C10H9BrClNS. The summed E-state index contributed by atoms with van der Waals surface area (Å²) >= 11 is 11.4. The van der Waals surface area contributed by atoms with Crippen LogP contribution in [-0.2, 0) is 6.42 Å². The molecule has 0 radical (unpaired) electrons. The van der Waals surface area contributed by atoms with E-state index < -0.39 is 0 Å². The van der Waals surface area contributed by atoms with Crippen LogP contribution in [0.3, 0.4) is 0 Å². The highest BCUT2D eigenvalue weighted by Gasteiger charge is 2.09. The van der Waals surface area contributed by atoms with Crippen molar-refractivity contribution in [3.63, 3.8) is 0 Å². The van der Waals surface area contributed by atoms with Gasteiger partial charge in [-0.1, -0.05) is 27.5 Å². The first kappa shape index (κ1) is 10.4. The minimum atomic E-state index is 0.647. The Balaban J connectivity index is 2.62. The summed E-state index contributed by atoms with van der Waals surface area (Å²) in [5.41, 5.74) is 5.52. The highest BCUT2D eigenvalue weighted by Crippen LogP contribution is 2.36. The van der Waals surface area contributed by atoms with Crippen LogP contribution in [0.25, 0.3) is 10.1 Å². The Kier molecular flexibility index (Phi) is 3.12. The van der Waals surface area contributed by atoms with E-state index in [9.17, 15) is 0 Å². The fraction of sp³-hybridized carbons (Fsp3) is 0.200. The van der Waals surface area contributed by atoms with Crippen molar-refractivity contribution in [2.75, 3.05) is 6.54 Å². The molecule has 14 heavy (non-hydrogen) atoms. The van der Waals surface area contributed by atoms with Crippen LogP contribution >= 0.6 is 38.9 Å². The molecule has 1 aromatic carbocycles. The van der Waals surface area contributed by atoms with Gasteiger partial charge in [-0.2, -0.15) is 0 Å². The van der Waals surface area contributed by atoms with Crippen LogP contribution in [0, 0.1) is 0 Å². The number of rotatable bonds is 2. The van der Waals surface area contributed by atoms with E-state index in [0.29, 0.717) is 6.54 Å². The Morgan fingerprint density at radius 2 is 2.21 bits per heavy atom. The molecule has 0 bridgehead atoms. The van der Waals surface area contributed by atoms with E-state index in [4.69, 9.17) is 17.3 Å². The quantitative estimate of drug-likeness (QED) is 0.894. The summed E-state index contributed by atoms with van der Waals surface area (Å²) < 4.78 is 2.28. The second kappa shape index (κ2) is 4.19. The van der Waals surface area contributed by atoms with Gasteiger partial charge in [-0.25, -0.2) is 0 Å². The number of nitrogens with two attached hydrogens (primary N) is 1. The molecule has 0 aliphatic carbocycles. The van der Waals surface area contributed by atoms with Gasteiger partial charge in [0.15, 0.2) is 0 Å². The third kappa shape index (κ3) is 1.82. The first-order chi connectivity index (χ1) is 6.72. The molecule has 0 spiro atoms. The van der Waals surface area contributed by atoms with Gasteiger partial charge >= 0.3 is 0 Å². The van der Waals surface area contributed by atoms with Crippen molar-refractivity contribution in [1.29, 1.82) is 0 Å². The SMILES string of the molecule is NCCc1sc2ccc(Br)cc2c1Cl. The third-order valence-electron chi connectivity index (χ3n) is 2.03. The lowest BCUT2D eigenvalue weighted by atomic mass is 10.2. The Hall–Kier alpha value is -0.0900. The minimum Gasteiger partial charge on any atom is -0.330 e. The molecular weight excluding hydrogens is 282 g/mol. The maximum Gasteiger partial charge on any atom is 0.0624 e. The summed E-state index contributed by atoms with van der Waals surface area (Å²) in [6.07, 6.45) is 0.857. The predicted molar refractivity (Wildman–Crippen MR) is 67.3 cm³/mol. The lowest BCUT2D eigenvalue weighted by Crippen LogP contribution is -2.01. The molecule has 2 N–H and O–H groups in total. The molecule has 0 aliphatic rings. The lowest BCUT2D eigenvalue weighted by Gasteiger charge is -1.93. The van der Waals surface area contributed by atoms with Crippen molar-refractivity contribution >= 4 is 49.0 Å². The molecule has 1 nitrogen and oxygen atoms in total. The average Bonchev–Trinajstić information content (AvgIpc) is 2.46. The van der Waals surface area contributed by atoms with E-state index in [-0.39, 0.29) is 0 Å². The summed E-state index contributed by atoms with van der Waals surface area (Å²) in [7, 11) is 0. The summed E-state index contributed by atoms with van der Waals surface area (Å²) in [6, 6.07) is 6.16. The van der Waals surface area contributed by atoms with Crippen LogP contribution in [0.15, 0.2) is 22.7 Å². The maximum absolute atomic E-state index is 6.24. The number of benzene rings is 1. The predicted octanol–water partition coefficient (Wildman–Crippen LogP) is 3.82. The zero-order valence-corrected chi connectivity index (χ0v) is 10.5. The molecule has 2 rings (SSSR count). The standard InChI is InChI=1S/C10H9BrClNS/c11-6-1-2-8-7(5-6)10(12)9(14-8)3-4-13/h1-2,5H,3-4,13H2. The van der Waals surface area contributed by atoms with Gasteiger partial charge in [-0.15, -0.1) is 11.3 Å². The molecule has 0 fully saturated rings. The van der Waals surface area contributed by atoms with Gasteiger partial charge in [-0.05, 0) is 31.2 Å². The number of hydrogen-bond acceptors (Lipinski definition) is 2. The van der Waals surface area contributed by atoms with Crippen LogP contribution in [0.4, 0.5) is 0 Å². The van der Waals surface area contributed by atoms with Gasteiger partial charge < -0.3 is 5.73 Å². The van der Waals surface area contributed by atoms with Crippen molar-refractivity contribution < 1.29 is 0 Å². The van der Waals surface area contributed by atoms with Gasteiger partial charge in [0.25, 0.3) is 0 Å². The van der Waals surface area contributed by atoms with Crippen molar-refractivity contribution in [3.8, 4) is 0 Å². The van der Waals surface area contributed by atoms with E-state index in [1.54, 1.807) is 11.3 Å². The lowest BCUT2D eigenvalue weighted by molar-refractivity contribution is 0.989. The normalized spacial score (nSPS) is 11.1. The number of thiophene rings is 1. The van der Waals surface area contributed by atoms with E-state index in [0.717, 1.165) is 21.3 Å². The van der Waals surface area contributed by atoms with Crippen molar-refractivity contribution in [3.05, 3.63) is 32.6 Å². The van der Waals surface area contributed by atoms with Crippen LogP contribution in [-0.4, -0.2) is 6.54 Å². The Bertz CT molecular complexity index is 466. The van der Waals surface area contributed by atoms with Gasteiger partial charge in [0.05, 0.1) is 5.02 Å². The highest BCUT2D eigenvalue weighted by atomic mass is 79.9. The zero-order chi connectivity index (χ0) is 10.1. The molecule has 0 saturated heterocycles. The third-order valence-corrected chi connectivity index (χ3v) is 4.30. The summed E-state index contributed by atoms with van der Waals surface area (Å²) in [5.74, 6) is 0. The van der Waals surface area contributed by atoms with Crippen LogP contribution < -0.4 is 5.73 Å². The van der Waals surface area contributed by atoms with Crippen LogP contribution in [0.5, 0.6) is 0 Å². The molecule has 74 valence electrons. The molecule has 0 atom stereocenters. The fourth-order valence-corrected chi connectivity index (χ4v) is 3.26. The molecule has 0 aliphatic heterocycles. The Labute approximate surface area is 100.0 Å². The molecule has 0 unspecified atom stereocenters. The summed E-state index contributed by atoms with van der Waals surface area (Å²) in [4.78, 5) is 1.18. The van der Waals surface area contributed by atoms with Gasteiger partial charge in [0.1, 0.15) is 0 Å². The van der Waals surface area contributed by atoms with Gasteiger partial charge in [-0.3, -0.25) is 0 Å². The van der Waals surface area contributed by atoms with E-state index in [2.05, 4.69) is 22.0 Å². The summed E-state index contributed by atoms with van der Waals surface area (Å²) in [5, 5.41) is 1.98. The second-order valence-corrected chi connectivity index (χ2v) is 5.45. The topological polar surface area (TPSA) is 26.0 Å². The largest absolute Gasteiger partial charge is 0.330 e. The van der Waals surface area contributed by atoms with Gasteiger partial charge in [0, 0.05) is 19.4 Å². The second-order valence-electron chi connectivity index (χ2n) is 3.02. The first-order valence-corrected chi connectivity index (χ1v) is 6.27. The Morgan fingerprint density at radius 3 is 2.93 bits per heavy atom. The molecule has 4 heteroatoms. The van der Waals surface area contributed by atoms with Crippen LogP contribution in [0.2, 0.25) is 5.02 Å². The molecule has 0 amide bonds. The number of fused-ring (bicyclic) bond motifs is 1. The zero-order valence-electron chi connectivity index (χ0n) is 7.39. The maximum atomic E-state index is 6.24. The smallest absolute Gasteiger partial charge is 0.0624 e. The molecule has 2 aromatic rings. The van der Waals surface area contributed by atoms with Crippen LogP contribution in [0.1, 0.15) is 4.88 Å². The van der Waals surface area contributed by atoms with E-state index >= 15 is 0 Å². The number of hydrogen-bond donors (Lipinski definition) is 1. The molecule has 0 saturated carbocycles. The molecule has 1 heterocycles. The number of halogens is 2. The minimum absolute atomic E-state index is 0.647. The van der Waals surface area contributed by atoms with Gasteiger partial charge in [0.2, 0.25) is 0 Å². The van der Waals surface area contributed by atoms with Crippen molar-refractivity contribution in [1.82, 2.24) is 0 Å². The highest BCUT2D eigenvalue weighted by molar-refractivity contribution is 9.10. The van der Waals surface area contributed by atoms with E-state index in [1.807, 2.05) is 12.1 Å². The van der Waals surface area contributed by atoms with Crippen molar-refractivity contribution in [2.45, 2.75) is 6.42 Å². The monoisotopic (exact) mass is 289 g/mol.